The molecule has 0 saturated carbocycles. The van der Waals surface area contributed by atoms with Crippen LogP contribution in [0.2, 0.25) is 0 Å². The summed E-state index contributed by atoms with van der Waals surface area (Å²) in [4.78, 5) is 24.5. The maximum atomic E-state index is 13.3. The molecule has 0 radical (unpaired) electrons. The number of carbonyl (C=O) groups is 1. The number of imidazole rings is 1. The molecule has 0 saturated heterocycles. The van der Waals surface area contributed by atoms with E-state index in [2.05, 4.69) is 5.32 Å². The SMILES string of the molecule is CC(NC(=O)CCn1c(=O)n(C)c2ccccc21)c1ccc(F)c(F)c1. The van der Waals surface area contributed by atoms with Gasteiger partial charge < -0.3 is 5.32 Å². The molecule has 1 aromatic heterocycles. The predicted octanol–water partition coefficient (Wildman–Crippen LogP) is 2.89. The van der Waals surface area contributed by atoms with Crippen molar-refractivity contribution < 1.29 is 13.6 Å². The Bertz CT molecular complexity index is 1020. The van der Waals surface area contributed by atoms with Gasteiger partial charge in [-0.1, -0.05) is 18.2 Å². The Hall–Kier alpha value is -2.96. The summed E-state index contributed by atoms with van der Waals surface area (Å²) in [5, 5.41) is 2.74. The Labute approximate surface area is 148 Å². The molecule has 1 N–H and O–H groups in total. The number of hydrogen-bond donors (Lipinski definition) is 1. The molecule has 5 nitrogen and oxygen atoms in total. The lowest BCUT2D eigenvalue weighted by Gasteiger charge is -2.14. The topological polar surface area (TPSA) is 56.0 Å². The van der Waals surface area contributed by atoms with Gasteiger partial charge in [0, 0.05) is 20.0 Å². The molecule has 1 atom stereocenters. The van der Waals surface area contributed by atoms with E-state index in [1.54, 1.807) is 18.5 Å². The molecule has 0 aliphatic heterocycles. The van der Waals surface area contributed by atoms with E-state index in [0.717, 1.165) is 23.2 Å². The first-order chi connectivity index (χ1) is 12.4. The number of para-hydroxylation sites is 2. The summed E-state index contributed by atoms with van der Waals surface area (Å²) in [6.45, 7) is 1.92. The lowest BCUT2D eigenvalue weighted by molar-refractivity contribution is -0.121. The standard InChI is InChI=1S/C19H19F2N3O2/c1-12(13-7-8-14(20)15(21)11-13)22-18(25)9-10-24-17-6-4-3-5-16(17)23(2)19(24)26/h3-8,11-12H,9-10H2,1-2H3,(H,22,25). The lowest BCUT2D eigenvalue weighted by atomic mass is 10.1. The van der Waals surface area contributed by atoms with E-state index in [9.17, 15) is 18.4 Å². The summed E-state index contributed by atoms with van der Waals surface area (Å²) >= 11 is 0. The third kappa shape index (κ3) is 3.37. The first kappa shape index (κ1) is 17.8. The van der Waals surface area contributed by atoms with Gasteiger partial charge in [0.1, 0.15) is 0 Å². The number of carbonyl (C=O) groups excluding carboxylic acids is 1. The molecule has 3 aromatic rings. The van der Waals surface area contributed by atoms with Crippen LogP contribution in [0.15, 0.2) is 47.3 Å². The maximum Gasteiger partial charge on any atom is 0.328 e. The number of benzene rings is 2. The van der Waals surface area contributed by atoms with Crippen molar-refractivity contribution in [2.45, 2.75) is 25.9 Å². The third-order valence-corrected chi connectivity index (χ3v) is 4.44. The van der Waals surface area contributed by atoms with E-state index in [1.807, 2.05) is 24.3 Å². The number of nitrogens with one attached hydrogen (secondary N) is 1. The molecule has 1 amide bonds. The highest BCUT2D eigenvalue weighted by atomic mass is 19.2. The van der Waals surface area contributed by atoms with Gasteiger partial charge in [-0.15, -0.1) is 0 Å². The van der Waals surface area contributed by atoms with Crippen LogP contribution >= 0.6 is 0 Å². The number of fused-ring (bicyclic) bond motifs is 1. The number of halogens is 2. The predicted molar refractivity (Wildman–Crippen MR) is 94.7 cm³/mol. The Morgan fingerprint density at radius 1 is 1.12 bits per heavy atom. The fourth-order valence-electron chi connectivity index (χ4n) is 2.97. The summed E-state index contributed by atoms with van der Waals surface area (Å²) < 4.78 is 29.4. The van der Waals surface area contributed by atoms with Gasteiger partial charge in [-0.2, -0.15) is 0 Å². The average Bonchev–Trinajstić information content (AvgIpc) is 2.86. The van der Waals surface area contributed by atoms with E-state index in [-0.39, 0.29) is 24.6 Å². The van der Waals surface area contributed by atoms with Crippen molar-refractivity contribution in [1.29, 1.82) is 0 Å². The Morgan fingerprint density at radius 3 is 2.50 bits per heavy atom. The van der Waals surface area contributed by atoms with E-state index in [4.69, 9.17) is 0 Å². The Balaban J connectivity index is 1.69. The third-order valence-electron chi connectivity index (χ3n) is 4.44. The molecule has 26 heavy (non-hydrogen) atoms. The van der Waals surface area contributed by atoms with Crippen LogP contribution in [0.5, 0.6) is 0 Å². The van der Waals surface area contributed by atoms with Crippen molar-refractivity contribution >= 4 is 16.9 Å². The average molecular weight is 359 g/mol. The van der Waals surface area contributed by atoms with Crippen LogP contribution in [0, 0.1) is 11.6 Å². The molecule has 0 bridgehead atoms. The van der Waals surface area contributed by atoms with Gasteiger partial charge in [0.05, 0.1) is 17.1 Å². The van der Waals surface area contributed by atoms with E-state index in [1.165, 1.54) is 10.6 Å². The molecule has 0 spiro atoms. The zero-order valence-electron chi connectivity index (χ0n) is 14.5. The number of rotatable bonds is 5. The highest BCUT2D eigenvalue weighted by molar-refractivity contribution is 5.78. The lowest BCUT2D eigenvalue weighted by Crippen LogP contribution is -2.29. The zero-order chi connectivity index (χ0) is 18.8. The highest BCUT2D eigenvalue weighted by Crippen LogP contribution is 2.16. The summed E-state index contributed by atoms with van der Waals surface area (Å²) in [6, 6.07) is 10.4. The second-order valence-electron chi connectivity index (χ2n) is 6.19. The minimum atomic E-state index is -0.953. The van der Waals surface area contributed by atoms with Gasteiger partial charge in [0.15, 0.2) is 11.6 Å². The van der Waals surface area contributed by atoms with Crippen molar-refractivity contribution in [1.82, 2.24) is 14.5 Å². The Morgan fingerprint density at radius 2 is 1.81 bits per heavy atom. The smallest absolute Gasteiger partial charge is 0.328 e. The number of amides is 1. The Kier molecular flexibility index (Phi) is 4.88. The quantitative estimate of drug-likeness (QED) is 0.762. The van der Waals surface area contributed by atoms with Crippen LogP contribution in [-0.2, 0) is 18.4 Å². The first-order valence-electron chi connectivity index (χ1n) is 8.27. The normalized spacial score (nSPS) is 12.3. The minimum Gasteiger partial charge on any atom is -0.350 e. The summed E-state index contributed by atoms with van der Waals surface area (Å²) in [5.41, 5.74) is 1.85. The van der Waals surface area contributed by atoms with Crippen LogP contribution < -0.4 is 11.0 Å². The van der Waals surface area contributed by atoms with Gasteiger partial charge in [0.25, 0.3) is 0 Å². The molecular formula is C19H19F2N3O2. The van der Waals surface area contributed by atoms with Crippen LogP contribution in [-0.4, -0.2) is 15.0 Å². The van der Waals surface area contributed by atoms with Crippen molar-refractivity contribution in [2.24, 2.45) is 7.05 Å². The molecule has 0 aliphatic carbocycles. The zero-order valence-corrected chi connectivity index (χ0v) is 14.5. The molecule has 0 aliphatic rings. The molecular weight excluding hydrogens is 340 g/mol. The molecule has 2 aromatic carbocycles. The molecule has 136 valence electrons. The maximum absolute atomic E-state index is 13.3. The van der Waals surface area contributed by atoms with Gasteiger partial charge in [-0.05, 0) is 36.8 Å². The summed E-state index contributed by atoms with van der Waals surface area (Å²) in [6.07, 6.45) is 0.0991. The molecule has 1 heterocycles. The van der Waals surface area contributed by atoms with Crippen molar-refractivity contribution in [3.05, 3.63) is 70.1 Å². The highest BCUT2D eigenvalue weighted by Gasteiger charge is 2.14. The second kappa shape index (κ2) is 7.11. The largest absolute Gasteiger partial charge is 0.350 e. The number of aryl methyl sites for hydroxylation is 2. The molecule has 0 fully saturated rings. The summed E-state index contributed by atoms with van der Waals surface area (Å²) in [5.74, 6) is -2.16. The summed E-state index contributed by atoms with van der Waals surface area (Å²) in [7, 11) is 1.69. The van der Waals surface area contributed by atoms with Crippen LogP contribution in [0.4, 0.5) is 8.78 Å². The van der Waals surface area contributed by atoms with E-state index >= 15 is 0 Å². The minimum absolute atomic E-state index is 0.0991. The van der Waals surface area contributed by atoms with E-state index in [0.29, 0.717) is 5.56 Å². The van der Waals surface area contributed by atoms with Gasteiger partial charge in [-0.25, -0.2) is 13.6 Å². The van der Waals surface area contributed by atoms with Crippen molar-refractivity contribution in [2.75, 3.05) is 0 Å². The molecule has 3 rings (SSSR count). The monoisotopic (exact) mass is 359 g/mol. The number of nitrogens with zero attached hydrogens (tertiary/aromatic N) is 2. The van der Waals surface area contributed by atoms with Gasteiger partial charge in [-0.3, -0.25) is 13.9 Å². The van der Waals surface area contributed by atoms with Crippen LogP contribution in [0.25, 0.3) is 11.0 Å². The first-order valence-corrected chi connectivity index (χ1v) is 8.27. The van der Waals surface area contributed by atoms with E-state index < -0.39 is 17.7 Å². The van der Waals surface area contributed by atoms with Crippen LogP contribution in [0.3, 0.4) is 0 Å². The second-order valence-corrected chi connectivity index (χ2v) is 6.19. The number of hydrogen-bond acceptors (Lipinski definition) is 2. The van der Waals surface area contributed by atoms with Crippen molar-refractivity contribution in [3.8, 4) is 0 Å². The number of aromatic nitrogens is 2. The van der Waals surface area contributed by atoms with Gasteiger partial charge >= 0.3 is 5.69 Å². The van der Waals surface area contributed by atoms with Crippen LogP contribution in [0.1, 0.15) is 24.9 Å². The van der Waals surface area contributed by atoms with Gasteiger partial charge in [0.2, 0.25) is 5.91 Å². The molecule has 1 unspecified atom stereocenters. The fourth-order valence-corrected chi connectivity index (χ4v) is 2.97. The van der Waals surface area contributed by atoms with Crippen molar-refractivity contribution in [3.63, 3.8) is 0 Å². The fraction of sp³-hybridized carbons (Fsp3) is 0.263. The molecule has 7 heteroatoms.